The predicted molar refractivity (Wildman–Crippen MR) is 113 cm³/mol. The fraction of sp³-hybridized carbons (Fsp3) is 0.261. The Hall–Kier alpha value is -3.81. The molecule has 4 aromatic rings. The average Bonchev–Trinajstić information content (AvgIpc) is 3.56. The molecule has 2 aromatic carbocycles. The van der Waals surface area contributed by atoms with Crippen LogP contribution in [0.25, 0.3) is 22.4 Å². The van der Waals surface area contributed by atoms with Crippen LogP contribution in [0.3, 0.4) is 0 Å². The third-order valence-corrected chi connectivity index (χ3v) is 5.55. The van der Waals surface area contributed by atoms with Gasteiger partial charge in [-0.2, -0.15) is 4.98 Å². The number of H-pyrrole nitrogens is 1. The van der Waals surface area contributed by atoms with Crippen molar-refractivity contribution in [3.8, 4) is 11.4 Å². The molecule has 1 saturated heterocycles. The van der Waals surface area contributed by atoms with Crippen LogP contribution in [-0.4, -0.2) is 49.3 Å². The maximum atomic E-state index is 13.0. The van der Waals surface area contributed by atoms with Crippen LogP contribution in [0.1, 0.15) is 35.8 Å². The first kappa shape index (κ1) is 19.2. The number of nitrogens with zero attached hydrogens (tertiary/aromatic N) is 4. The van der Waals surface area contributed by atoms with Crippen LogP contribution in [0.5, 0.6) is 0 Å². The summed E-state index contributed by atoms with van der Waals surface area (Å²) < 4.78 is 5.30. The summed E-state index contributed by atoms with van der Waals surface area (Å²) in [5, 5.41) is 3.99. The molecule has 0 saturated carbocycles. The standard InChI is InChI=1S/C23H21N5O3/c29-20(13-12-19-26-22(27-31-19)15-7-2-1-3-8-15)28-14-6-11-18(28)21(30)23-24-16-9-4-5-10-17(16)25-23/h1-5,7-10,18H,6,11-14H2,(H,24,25)/t18-/m0/s1. The van der Waals surface area contributed by atoms with Gasteiger partial charge in [0.15, 0.2) is 5.82 Å². The van der Waals surface area contributed by atoms with E-state index in [0.29, 0.717) is 36.9 Å². The van der Waals surface area contributed by atoms with Gasteiger partial charge in [-0.15, -0.1) is 0 Å². The molecule has 5 rings (SSSR count). The molecule has 0 bridgehead atoms. The number of Topliss-reactive ketones (excluding diaryl/α,β-unsaturated/α-hetero) is 1. The molecule has 1 atom stereocenters. The Morgan fingerprint density at radius 1 is 1.06 bits per heavy atom. The second-order valence-corrected chi connectivity index (χ2v) is 7.59. The molecule has 0 spiro atoms. The van der Waals surface area contributed by atoms with Crippen molar-refractivity contribution in [2.75, 3.05) is 6.54 Å². The van der Waals surface area contributed by atoms with Crippen molar-refractivity contribution in [3.63, 3.8) is 0 Å². The summed E-state index contributed by atoms with van der Waals surface area (Å²) in [5.41, 5.74) is 2.42. The minimum atomic E-state index is -0.490. The first-order chi connectivity index (χ1) is 15.2. The second-order valence-electron chi connectivity index (χ2n) is 7.59. The van der Waals surface area contributed by atoms with Crippen molar-refractivity contribution in [2.24, 2.45) is 0 Å². The van der Waals surface area contributed by atoms with Gasteiger partial charge in [0.25, 0.3) is 0 Å². The normalized spacial score (nSPS) is 16.1. The lowest BCUT2D eigenvalue weighted by Gasteiger charge is -2.22. The highest BCUT2D eigenvalue weighted by atomic mass is 16.5. The number of likely N-dealkylation sites (tertiary alicyclic amines) is 1. The van der Waals surface area contributed by atoms with Gasteiger partial charge in [0, 0.05) is 24.9 Å². The van der Waals surface area contributed by atoms with Gasteiger partial charge in [-0.1, -0.05) is 47.6 Å². The van der Waals surface area contributed by atoms with Gasteiger partial charge >= 0.3 is 0 Å². The molecule has 2 aromatic heterocycles. The number of hydrogen-bond donors (Lipinski definition) is 1. The number of carbonyl (C=O) groups is 2. The molecule has 8 heteroatoms. The molecule has 1 aliphatic heterocycles. The van der Waals surface area contributed by atoms with E-state index in [2.05, 4.69) is 20.1 Å². The zero-order chi connectivity index (χ0) is 21.2. The van der Waals surface area contributed by atoms with E-state index >= 15 is 0 Å². The molecule has 0 unspecified atom stereocenters. The number of imidazole rings is 1. The molecule has 3 heterocycles. The van der Waals surface area contributed by atoms with Crippen molar-refractivity contribution in [1.29, 1.82) is 0 Å². The molecule has 0 aliphatic carbocycles. The lowest BCUT2D eigenvalue weighted by molar-refractivity contribution is -0.131. The summed E-state index contributed by atoms with van der Waals surface area (Å²) >= 11 is 0. The number of fused-ring (bicyclic) bond motifs is 1. The SMILES string of the molecule is O=C(c1nc2ccccc2[nH]1)[C@@H]1CCCN1C(=O)CCc1nc(-c2ccccc2)no1. The number of aromatic amines is 1. The molecular weight excluding hydrogens is 394 g/mol. The first-order valence-corrected chi connectivity index (χ1v) is 10.4. The van der Waals surface area contributed by atoms with Crippen molar-refractivity contribution < 1.29 is 14.1 Å². The number of para-hydroxylation sites is 2. The maximum Gasteiger partial charge on any atom is 0.227 e. The minimum absolute atomic E-state index is 0.0913. The number of hydrogen-bond acceptors (Lipinski definition) is 6. The average molecular weight is 415 g/mol. The lowest BCUT2D eigenvalue weighted by atomic mass is 10.1. The Kier molecular flexibility index (Phi) is 5.03. The highest BCUT2D eigenvalue weighted by Crippen LogP contribution is 2.23. The molecule has 8 nitrogen and oxygen atoms in total. The van der Waals surface area contributed by atoms with E-state index in [1.165, 1.54) is 0 Å². The number of aryl methyl sites for hydroxylation is 1. The molecule has 31 heavy (non-hydrogen) atoms. The number of benzene rings is 2. The zero-order valence-corrected chi connectivity index (χ0v) is 16.8. The Morgan fingerprint density at radius 2 is 1.87 bits per heavy atom. The van der Waals surface area contributed by atoms with E-state index in [0.717, 1.165) is 23.0 Å². The van der Waals surface area contributed by atoms with Gasteiger partial charge in [-0.25, -0.2) is 4.98 Å². The Morgan fingerprint density at radius 3 is 2.71 bits per heavy atom. The Balaban J connectivity index is 1.25. The van der Waals surface area contributed by atoms with E-state index in [4.69, 9.17) is 4.52 Å². The summed E-state index contributed by atoms with van der Waals surface area (Å²) in [6, 6.07) is 16.5. The predicted octanol–water partition coefficient (Wildman–Crippen LogP) is 3.42. The van der Waals surface area contributed by atoms with Crippen molar-refractivity contribution in [1.82, 2.24) is 25.0 Å². The fourth-order valence-corrected chi connectivity index (χ4v) is 3.98. The summed E-state index contributed by atoms with van der Waals surface area (Å²) in [4.78, 5) is 39.4. The summed E-state index contributed by atoms with van der Waals surface area (Å²) in [6.45, 7) is 0.564. The van der Waals surface area contributed by atoms with E-state index in [-0.39, 0.29) is 18.1 Å². The van der Waals surface area contributed by atoms with Gasteiger partial charge in [-0.3, -0.25) is 9.59 Å². The van der Waals surface area contributed by atoms with Gasteiger partial charge < -0.3 is 14.4 Å². The van der Waals surface area contributed by atoms with E-state index in [1.54, 1.807) is 4.90 Å². The quantitative estimate of drug-likeness (QED) is 0.484. The first-order valence-electron chi connectivity index (χ1n) is 10.4. The zero-order valence-electron chi connectivity index (χ0n) is 16.8. The number of carbonyl (C=O) groups excluding carboxylic acids is 2. The Bertz CT molecular complexity index is 1200. The minimum Gasteiger partial charge on any atom is -0.339 e. The summed E-state index contributed by atoms with van der Waals surface area (Å²) in [7, 11) is 0. The second kappa shape index (κ2) is 8.14. The van der Waals surface area contributed by atoms with Gasteiger partial charge in [0.1, 0.15) is 0 Å². The highest BCUT2D eigenvalue weighted by molar-refractivity contribution is 6.01. The molecule has 1 amide bonds. The molecule has 1 N–H and O–H groups in total. The van der Waals surface area contributed by atoms with Crippen LogP contribution >= 0.6 is 0 Å². The van der Waals surface area contributed by atoms with Gasteiger partial charge in [-0.05, 0) is 25.0 Å². The summed E-state index contributed by atoms with van der Waals surface area (Å²) in [6.07, 6.45) is 1.97. The summed E-state index contributed by atoms with van der Waals surface area (Å²) in [5.74, 6) is 0.974. The largest absolute Gasteiger partial charge is 0.339 e. The van der Waals surface area contributed by atoms with Crippen LogP contribution in [-0.2, 0) is 11.2 Å². The monoisotopic (exact) mass is 415 g/mol. The number of rotatable bonds is 6. The van der Waals surface area contributed by atoms with Crippen LogP contribution in [0.2, 0.25) is 0 Å². The van der Waals surface area contributed by atoms with Crippen molar-refractivity contribution in [3.05, 3.63) is 66.3 Å². The lowest BCUT2D eigenvalue weighted by Crippen LogP contribution is -2.41. The molecule has 1 aliphatic rings. The van der Waals surface area contributed by atoms with Crippen molar-refractivity contribution in [2.45, 2.75) is 31.7 Å². The Labute approximate surface area is 178 Å². The third-order valence-electron chi connectivity index (χ3n) is 5.55. The van der Waals surface area contributed by atoms with Crippen molar-refractivity contribution >= 4 is 22.7 Å². The molecule has 156 valence electrons. The van der Waals surface area contributed by atoms with E-state index in [1.807, 2.05) is 54.6 Å². The number of ketones is 1. The number of nitrogens with one attached hydrogen (secondary N) is 1. The topological polar surface area (TPSA) is 105 Å². The van der Waals surface area contributed by atoms with Gasteiger partial charge in [0.05, 0.1) is 17.1 Å². The fourth-order valence-electron chi connectivity index (χ4n) is 3.98. The van der Waals surface area contributed by atoms with Crippen LogP contribution in [0, 0.1) is 0 Å². The molecular formula is C23H21N5O3. The van der Waals surface area contributed by atoms with E-state index in [9.17, 15) is 9.59 Å². The highest BCUT2D eigenvalue weighted by Gasteiger charge is 2.35. The van der Waals surface area contributed by atoms with E-state index < -0.39 is 6.04 Å². The maximum absolute atomic E-state index is 13.0. The smallest absolute Gasteiger partial charge is 0.227 e. The number of amides is 1. The number of aromatic nitrogens is 4. The third kappa shape index (κ3) is 3.84. The molecule has 1 fully saturated rings. The van der Waals surface area contributed by atoms with Crippen LogP contribution in [0.15, 0.2) is 59.1 Å². The van der Waals surface area contributed by atoms with Crippen LogP contribution in [0.4, 0.5) is 0 Å². The van der Waals surface area contributed by atoms with Crippen LogP contribution < -0.4 is 0 Å². The molecule has 0 radical (unpaired) electrons. The van der Waals surface area contributed by atoms with Gasteiger partial charge in [0.2, 0.25) is 23.4 Å².